The Morgan fingerprint density at radius 2 is 1.92 bits per heavy atom. The fourth-order valence-electron chi connectivity index (χ4n) is 3.15. The molecule has 0 saturated heterocycles. The molecule has 1 aromatic heterocycles. The SMILES string of the molecule is CC.Cc1c2n(c3c(Cl)c(Cl)ccc13)CC(NC(=O)OC(C)(C)C)C2. The Bertz CT molecular complexity index is 791. The van der Waals surface area contributed by atoms with Crippen molar-refractivity contribution in [3.63, 3.8) is 0 Å². The van der Waals surface area contributed by atoms with Gasteiger partial charge in [-0.2, -0.15) is 0 Å². The van der Waals surface area contributed by atoms with E-state index in [0.717, 1.165) is 17.3 Å². The lowest BCUT2D eigenvalue weighted by Gasteiger charge is -2.21. The van der Waals surface area contributed by atoms with Crippen LogP contribution in [0.2, 0.25) is 10.0 Å². The van der Waals surface area contributed by atoms with Gasteiger partial charge in [-0.25, -0.2) is 4.79 Å². The molecule has 0 saturated carbocycles. The number of benzene rings is 1. The fraction of sp³-hybridized carbons (Fsp3) is 0.526. The van der Waals surface area contributed by atoms with Crippen LogP contribution in [0.25, 0.3) is 10.9 Å². The van der Waals surface area contributed by atoms with Crippen molar-refractivity contribution in [2.24, 2.45) is 0 Å². The molecule has 1 atom stereocenters. The van der Waals surface area contributed by atoms with Gasteiger partial charge in [-0.15, -0.1) is 0 Å². The quantitative estimate of drug-likeness (QED) is 0.681. The van der Waals surface area contributed by atoms with Crippen LogP contribution in [0.5, 0.6) is 0 Å². The van der Waals surface area contributed by atoms with Gasteiger partial charge in [0, 0.05) is 24.0 Å². The highest BCUT2D eigenvalue weighted by Crippen LogP contribution is 2.38. The summed E-state index contributed by atoms with van der Waals surface area (Å²) in [6.07, 6.45) is 0.368. The summed E-state index contributed by atoms with van der Waals surface area (Å²) in [5.41, 5.74) is 2.81. The largest absolute Gasteiger partial charge is 0.444 e. The van der Waals surface area contributed by atoms with Crippen molar-refractivity contribution in [1.82, 2.24) is 9.88 Å². The molecule has 138 valence electrons. The number of aromatic nitrogens is 1. The van der Waals surface area contributed by atoms with E-state index in [9.17, 15) is 4.79 Å². The predicted molar refractivity (Wildman–Crippen MR) is 105 cm³/mol. The van der Waals surface area contributed by atoms with Gasteiger partial charge in [-0.05, 0) is 39.3 Å². The number of carbonyl (C=O) groups excluding carboxylic acids is 1. The molecular weight excluding hydrogens is 359 g/mol. The predicted octanol–water partition coefficient (Wildman–Crippen LogP) is 5.73. The lowest BCUT2D eigenvalue weighted by Crippen LogP contribution is -2.39. The molecule has 4 nitrogen and oxygen atoms in total. The fourth-order valence-corrected chi connectivity index (χ4v) is 3.57. The molecule has 1 aliphatic rings. The third kappa shape index (κ3) is 4.06. The van der Waals surface area contributed by atoms with Gasteiger partial charge in [0.05, 0.1) is 21.6 Å². The van der Waals surface area contributed by atoms with Crippen LogP contribution in [-0.2, 0) is 17.7 Å². The number of rotatable bonds is 1. The number of halogens is 2. The van der Waals surface area contributed by atoms with Crippen LogP contribution in [0.4, 0.5) is 4.79 Å². The minimum absolute atomic E-state index is 0.00185. The van der Waals surface area contributed by atoms with Crippen LogP contribution in [0, 0.1) is 6.92 Å². The van der Waals surface area contributed by atoms with E-state index in [-0.39, 0.29) is 12.1 Å². The first-order valence-electron chi connectivity index (χ1n) is 8.62. The van der Waals surface area contributed by atoms with Gasteiger partial charge in [0.25, 0.3) is 0 Å². The Labute approximate surface area is 159 Å². The monoisotopic (exact) mass is 384 g/mol. The molecule has 6 heteroatoms. The van der Waals surface area contributed by atoms with E-state index in [1.54, 1.807) is 0 Å². The third-order valence-electron chi connectivity index (χ3n) is 4.07. The van der Waals surface area contributed by atoms with Crippen molar-refractivity contribution >= 4 is 40.2 Å². The number of hydrogen-bond donors (Lipinski definition) is 1. The number of ether oxygens (including phenoxy) is 1. The third-order valence-corrected chi connectivity index (χ3v) is 4.86. The number of carbonyl (C=O) groups is 1. The maximum Gasteiger partial charge on any atom is 0.407 e. The van der Waals surface area contributed by atoms with Crippen molar-refractivity contribution in [3.8, 4) is 0 Å². The van der Waals surface area contributed by atoms with Crippen molar-refractivity contribution in [2.75, 3.05) is 0 Å². The molecule has 3 rings (SSSR count). The zero-order valence-corrected chi connectivity index (χ0v) is 17.2. The number of aryl methyl sites for hydroxylation is 1. The Kier molecular flexibility index (Phi) is 5.95. The van der Waals surface area contributed by atoms with Crippen LogP contribution in [-0.4, -0.2) is 22.3 Å². The standard InChI is InChI=1S/C17H20Cl2N2O2.C2H6/c1-9-11-5-6-12(18)14(19)15(11)21-8-10(7-13(9)21)20-16(22)23-17(2,3)4;1-2/h5-6,10H,7-8H2,1-4H3,(H,20,22);1-2H3. The lowest BCUT2D eigenvalue weighted by atomic mass is 10.1. The van der Waals surface area contributed by atoms with Gasteiger partial charge in [-0.1, -0.05) is 43.1 Å². The van der Waals surface area contributed by atoms with Gasteiger partial charge >= 0.3 is 6.09 Å². The molecule has 1 N–H and O–H groups in total. The summed E-state index contributed by atoms with van der Waals surface area (Å²) in [6, 6.07) is 3.82. The average Bonchev–Trinajstić information content (AvgIpc) is 3.02. The van der Waals surface area contributed by atoms with Gasteiger partial charge < -0.3 is 14.6 Å². The van der Waals surface area contributed by atoms with Crippen LogP contribution >= 0.6 is 23.2 Å². The summed E-state index contributed by atoms with van der Waals surface area (Å²) in [6.45, 7) is 12.3. The highest BCUT2D eigenvalue weighted by atomic mass is 35.5. The molecule has 0 spiro atoms. The molecule has 1 aliphatic heterocycles. The van der Waals surface area contributed by atoms with Crippen LogP contribution < -0.4 is 5.32 Å². The zero-order chi connectivity index (χ0) is 18.9. The van der Waals surface area contributed by atoms with Gasteiger partial charge in [0.1, 0.15) is 5.60 Å². The summed E-state index contributed by atoms with van der Waals surface area (Å²) >= 11 is 12.6. The summed E-state index contributed by atoms with van der Waals surface area (Å²) in [5.74, 6) is 0. The Morgan fingerprint density at radius 3 is 2.52 bits per heavy atom. The Balaban J connectivity index is 0.00000109. The molecule has 1 amide bonds. The molecule has 1 aromatic carbocycles. The van der Waals surface area contributed by atoms with E-state index in [4.69, 9.17) is 27.9 Å². The molecule has 25 heavy (non-hydrogen) atoms. The number of fused-ring (bicyclic) bond motifs is 3. The maximum atomic E-state index is 12.0. The minimum Gasteiger partial charge on any atom is -0.444 e. The van der Waals surface area contributed by atoms with E-state index in [1.807, 2.05) is 46.8 Å². The van der Waals surface area contributed by atoms with Crippen LogP contribution in [0.3, 0.4) is 0 Å². The van der Waals surface area contributed by atoms with Crippen molar-refractivity contribution in [3.05, 3.63) is 33.4 Å². The van der Waals surface area contributed by atoms with Gasteiger partial charge in [-0.3, -0.25) is 0 Å². The summed E-state index contributed by atoms with van der Waals surface area (Å²) < 4.78 is 7.48. The molecule has 0 fully saturated rings. The molecule has 0 bridgehead atoms. The molecular formula is C19H26Cl2N2O2. The topological polar surface area (TPSA) is 43.3 Å². The van der Waals surface area contributed by atoms with E-state index in [2.05, 4.69) is 16.8 Å². The molecule has 2 aromatic rings. The highest BCUT2D eigenvalue weighted by molar-refractivity contribution is 6.45. The first kappa shape index (κ1) is 19.9. The number of nitrogens with zero attached hydrogens (tertiary/aromatic N) is 1. The number of hydrogen-bond acceptors (Lipinski definition) is 2. The molecule has 2 heterocycles. The second-order valence-electron chi connectivity index (χ2n) is 6.99. The molecule has 0 aliphatic carbocycles. The Morgan fingerprint density at radius 1 is 1.28 bits per heavy atom. The average molecular weight is 385 g/mol. The van der Waals surface area contributed by atoms with Gasteiger partial charge in [0.2, 0.25) is 0 Å². The first-order valence-corrected chi connectivity index (χ1v) is 9.38. The van der Waals surface area contributed by atoms with Crippen LogP contribution in [0.15, 0.2) is 12.1 Å². The first-order chi connectivity index (χ1) is 11.7. The summed E-state index contributed by atoms with van der Waals surface area (Å²) in [5, 5.41) is 5.16. The number of alkyl carbamates (subject to hydrolysis) is 1. The number of nitrogens with one attached hydrogen (secondary N) is 1. The normalized spacial score (nSPS) is 16.2. The summed E-state index contributed by atoms with van der Waals surface area (Å²) in [7, 11) is 0. The highest BCUT2D eigenvalue weighted by Gasteiger charge is 2.29. The maximum absolute atomic E-state index is 12.0. The van der Waals surface area contributed by atoms with Crippen molar-refractivity contribution in [1.29, 1.82) is 0 Å². The zero-order valence-electron chi connectivity index (χ0n) is 15.7. The van der Waals surface area contributed by atoms with Crippen LogP contribution in [0.1, 0.15) is 45.9 Å². The molecule has 1 unspecified atom stereocenters. The van der Waals surface area contributed by atoms with Gasteiger partial charge in [0.15, 0.2) is 0 Å². The minimum atomic E-state index is -0.503. The smallest absolute Gasteiger partial charge is 0.407 e. The van der Waals surface area contributed by atoms with E-state index in [1.165, 1.54) is 11.3 Å². The lowest BCUT2D eigenvalue weighted by molar-refractivity contribution is 0.0504. The van der Waals surface area contributed by atoms with E-state index >= 15 is 0 Å². The number of amides is 1. The second kappa shape index (κ2) is 7.46. The van der Waals surface area contributed by atoms with Crippen molar-refractivity contribution < 1.29 is 9.53 Å². The second-order valence-corrected chi connectivity index (χ2v) is 7.77. The Hall–Kier alpha value is -1.39. The van der Waals surface area contributed by atoms with E-state index in [0.29, 0.717) is 16.6 Å². The summed E-state index contributed by atoms with van der Waals surface area (Å²) in [4.78, 5) is 12.0. The van der Waals surface area contributed by atoms with E-state index < -0.39 is 5.60 Å². The van der Waals surface area contributed by atoms with Crippen molar-refractivity contribution in [2.45, 2.75) is 66.2 Å². The molecule has 0 radical (unpaired) electrons.